The monoisotopic (exact) mass is 250 g/mol. The second-order valence-corrected chi connectivity index (χ2v) is 4.09. The second-order valence-electron chi connectivity index (χ2n) is 4.09. The third-order valence-corrected chi connectivity index (χ3v) is 3.12. The van der Waals surface area contributed by atoms with Crippen molar-refractivity contribution in [3.8, 4) is 0 Å². The van der Waals surface area contributed by atoms with E-state index in [0.29, 0.717) is 6.42 Å². The maximum Gasteiger partial charge on any atom is 0.403 e. The highest BCUT2D eigenvalue weighted by atomic mass is 19.4. The Balaban J connectivity index is 5.39. The lowest BCUT2D eigenvalue weighted by Crippen LogP contribution is -2.52. The third kappa shape index (κ3) is 2.63. The summed E-state index contributed by atoms with van der Waals surface area (Å²) in [4.78, 5) is 0. The largest absolute Gasteiger partial charge is 0.403 e. The summed E-state index contributed by atoms with van der Waals surface area (Å²) in [6.07, 6.45) is -10.4. The van der Waals surface area contributed by atoms with Crippen LogP contribution in [0.15, 0.2) is 0 Å². The van der Waals surface area contributed by atoms with Crippen molar-refractivity contribution in [1.29, 1.82) is 0 Å². The van der Waals surface area contributed by atoms with E-state index < -0.39 is 23.7 Å². The van der Waals surface area contributed by atoms with Crippen molar-refractivity contribution in [3.63, 3.8) is 0 Å². The summed E-state index contributed by atoms with van der Waals surface area (Å²) in [7, 11) is 0. The molecule has 98 valence electrons. The average molecular weight is 250 g/mol. The molecule has 1 unspecified atom stereocenters. The molecule has 1 atom stereocenters. The van der Waals surface area contributed by atoms with Gasteiger partial charge in [0.1, 0.15) is 0 Å². The lowest BCUT2D eigenvalue weighted by Gasteiger charge is -2.40. The zero-order valence-corrected chi connectivity index (χ0v) is 9.47. The normalized spacial score (nSPS) is 16.3. The quantitative estimate of drug-likeness (QED) is 0.620. The fourth-order valence-corrected chi connectivity index (χ4v) is 1.87. The molecular weight excluding hydrogens is 234 g/mol. The minimum atomic E-state index is -5.26. The van der Waals surface area contributed by atoms with Crippen LogP contribution in [0.3, 0.4) is 0 Å². The standard InChI is InChI=1S/C10H16F6/c1-4-6-7(5-2)8(3,9(11,12)13)10(14,15)16/h7H,4-6H2,1-3H3. The van der Waals surface area contributed by atoms with Gasteiger partial charge in [0.25, 0.3) is 0 Å². The van der Waals surface area contributed by atoms with Crippen LogP contribution >= 0.6 is 0 Å². The average Bonchev–Trinajstić information content (AvgIpc) is 2.09. The Labute approximate surface area is 91.0 Å². The van der Waals surface area contributed by atoms with E-state index in [1.807, 2.05) is 0 Å². The molecule has 0 bridgehead atoms. The molecule has 0 spiro atoms. The van der Waals surface area contributed by atoms with Crippen LogP contribution < -0.4 is 0 Å². The van der Waals surface area contributed by atoms with Crippen molar-refractivity contribution in [2.24, 2.45) is 11.3 Å². The van der Waals surface area contributed by atoms with Crippen LogP contribution in [0, 0.1) is 11.3 Å². The van der Waals surface area contributed by atoms with Crippen LogP contribution in [-0.2, 0) is 0 Å². The van der Waals surface area contributed by atoms with Crippen LogP contribution in [0.4, 0.5) is 26.3 Å². The SMILES string of the molecule is CCCC(CC)C(C)(C(F)(F)F)C(F)(F)F. The first-order chi connectivity index (χ1) is 7.02. The first-order valence-electron chi connectivity index (χ1n) is 5.15. The van der Waals surface area contributed by atoms with Gasteiger partial charge in [-0.2, -0.15) is 26.3 Å². The molecule has 16 heavy (non-hydrogen) atoms. The van der Waals surface area contributed by atoms with Crippen LogP contribution in [0.2, 0.25) is 0 Å². The Kier molecular flexibility index (Phi) is 4.71. The topological polar surface area (TPSA) is 0 Å². The van der Waals surface area contributed by atoms with Gasteiger partial charge >= 0.3 is 12.4 Å². The fourth-order valence-electron chi connectivity index (χ4n) is 1.87. The Morgan fingerprint density at radius 2 is 1.25 bits per heavy atom. The summed E-state index contributed by atoms with van der Waals surface area (Å²) in [5.41, 5.74) is -3.61. The molecule has 0 N–H and O–H groups in total. The van der Waals surface area contributed by atoms with E-state index in [0.717, 1.165) is 0 Å². The molecule has 0 aromatic heterocycles. The van der Waals surface area contributed by atoms with Gasteiger partial charge in [-0.05, 0) is 19.3 Å². The lowest BCUT2D eigenvalue weighted by atomic mass is 9.72. The van der Waals surface area contributed by atoms with Gasteiger partial charge < -0.3 is 0 Å². The van der Waals surface area contributed by atoms with E-state index in [-0.39, 0.29) is 19.8 Å². The number of alkyl halides is 6. The van der Waals surface area contributed by atoms with Crippen LogP contribution in [0.25, 0.3) is 0 Å². The maximum absolute atomic E-state index is 12.6. The van der Waals surface area contributed by atoms with Crippen molar-refractivity contribution >= 4 is 0 Å². The fraction of sp³-hybridized carbons (Fsp3) is 1.00. The second kappa shape index (κ2) is 4.84. The molecule has 0 saturated carbocycles. The first-order valence-corrected chi connectivity index (χ1v) is 5.15. The molecule has 0 saturated heterocycles. The zero-order valence-electron chi connectivity index (χ0n) is 9.47. The first kappa shape index (κ1) is 15.6. The predicted molar refractivity (Wildman–Crippen MR) is 48.9 cm³/mol. The summed E-state index contributed by atoms with van der Waals surface area (Å²) < 4.78 is 75.8. The Morgan fingerprint density at radius 3 is 1.44 bits per heavy atom. The number of hydrogen-bond donors (Lipinski definition) is 0. The van der Waals surface area contributed by atoms with E-state index in [1.54, 1.807) is 6.92 Å². The van der Waals surface area contributed by atoms with Crippen LogP contribution in [0.1, 0.15) is 40.0 Å². The molecule has 0 aliphatic rings. The molecule has 6 heteroatoms. The molecule has 0 fully saturated rings. The van der Waals surface area contributed by atoms with Crippen LogP contribution in [-0.4, -0.2) is 12.4 Å². The van der Waals surface area contributed by atoms with E-state index in [2.05, 4.69) is 0 Å². The smallest absolute Gasteiger partial charge is 0.170 e. The summed E-state index contributed by atoms with van der Waals surface area (Å²) in [6.45, 7) is 3.20. The highest BCUT2D eigenvalue weighted by Gasteiger charge is 2.69. The van der Waals surface area contributed by atoms with Gasteiger partial charge in [0.2, 0.25) is 0 Å². The van der Waals surface area contributed by atoms with E-state index >= 15 is 0 Å². The molecule has 0 radical (unpaired) electrons. The minimum Gasteiger partial charge on any atom is -0.170 e. The Morgan fingerprint density at radius 1 is 0.875 bits per heavy atom. The van der Waals surface area contributed by atoms with Crippen molar-refractivity contribution < 1.29 is 26.3 Å². The molecule has 0 aromatic carbocycles. The molecule has 0 amide bonds. The molecular formula is C10H16F6. The zero-order chi connectivity index (χ0) is 13.2. The molecule has 0 rings (SSSR count). The van der Waals surface area contributed by atoms with E-state index in [4.69, 9.17) is 0 Å². The van der Waals surface area contributed by atoms with Crippen molar-refractivity contribution in [1.82, 2.24) is 0 Å². The van der Waals surface area contributed by atoms with E-state index in [9.17, 15) is 26.3 Å². The van der Waals surface area contributed by atoms with E-state index in [1.165, 1.54) is 6.92 Å². The molecule has 0 aromatic rings. The third-order valence-electron chi connectivity index (χ3n) is 3.12. The maximum atomic E-state index is 12.6. The number of rotatable bonds is 4. The molecule has 0 heterocycles. The molecule has 0 aliphatic heterocycles. The number of halogens is 6. The van der Waals surface area contributed by atoms with Crippen molar-refractivity contribution in [2.75, 3.05) is 0 Å². The molecule has 0 nitrogen and oxygen atoms in total. The van der Waals surface area contributed by atoms with Crippen molar-refractivity contribution in [2.45, 2.75) is 52.4 Å². The summed E-state index contributed by atoms with van der Waals surface area (Å²) in [5, 5.41) is 0. The summed E-state index contributed by atoms with van der Waals surface area (Å²) in [6, 6.07) is 0. The highest BCUT2D eigenvalue weighted by molar-refractivity contribution is 4.94. The Hall–Kier alpha value is -0.420. The summed E-state index contributed by atoms with van der Waals surface area (Å²) in [5.74, 6) is -1.42. The van der Waals surface area contributed by atoms with Gasteiger partial charge in [-0.25, -0.2) is 0 Å². The van der Waals surface area contributed by atoms with Gasteiger partial charge in [-0.1, -0.05) is 26.7 Å². The van der Waals surface area contributed by atoms with Crippen LogP contribution in [0.5, 0.6) is 0 Å². The van der Waals surface area contributed by atoms with Gasteiger partial charge in [0.05, 0.1) is 0 Å². The number of hydrogen-bond acceptors (Lipinski definition) is 0. The van der Waals surface area contributed by atoms with Gasteiger partial charge in [0.15, 0.2) is 5.41 Å². The van der Waals surface area contributed by atoms with Gasteiger partial charge in [-0.3, -0.25) is 0 Å². The van der Waals surface area contributed by atoms with Gasteiger partial charge in [0, 0.05) is 0 Å². The Bertz CT molecular complexity index is 200. The van der Waals surface area contributed by atoms with Crippen molar-refractivity contribution in [3.05, 3.63) is 0 Å². The minimum absolute atomic E-state index is 0.0774. The molecule has 0 aliphatic carbocycles. The van der Waals surface area contributed by atoms with Gasteiger partial charge in [-0.15, -0.1) is 0 Å². The highest BCUT2D eigenvalue weighted by Crippen LogP contribution is 2.56. The predicted octanol–water partition coefficient (Wildman–Crippen LogP) is 4.94. The summed E-state index contributed by atoms with van der Waals surface area (Å²) >= 11 is 0. The lowest BCUT2D eigenvalue weighted by molar-refractivity contribution is -0.352.